The molecule has 0 fully saturated rings. The number of amides is 1. The molecule has 0 aliphatic carbocycles. The summed E-state index contributed by atoms with van der Waals surface area (Å²) >= 11 is 0. The van der Waals surface area contributed by atoms with E-state index in [4.69, 9.17) is 0 Å². The van der Waals surface area contributed by atoms with Gasteiger partial charge in [-0.3, -0.25) is 10.1 Å². The zero-order chi connectivity index (χ0) is 17.0. The summed E-state index contributed by atoms with van der Waals surface area (Å²) in [6, 6.07) is 6.41. The smallest absolute Gasteiger partial charge is 0.234 e. The Morgan fingerprint density at radius 1 is 1.13 bits per heavy atom. The largest absolute Gasteiger partial charge is 0.348 e. The van der Waals surface area contributed by atoms with Gasteiger partial charge in [0.25, 0.3) is 0 Å². The zero-order valence-corrected chi connectivity index (χ0v) is 13.8. The molecule has 1 aromatic heterocycles. The molecular weight excluding hydrogens is 318 g/mol. The van der Waals surface area contributed by atoms with Crippen molar-refractivity contribution in [3.8, 4) is 0 Å². The molecule has 0 aliphatic rings. The zero-order valence-electron chi connectivity index (χ0n) is 12.9. The molecule has 1 atom stereocenters. The van der Waals surface area contributed by atoms with E-state index in [1.54, 1.807) is 24.3 Å². The van der Waals surface area contributed by atoms with Gasteiger partial charge in [0.05, 0.1) is 10.9 Å². The lowest BCUT2D eigenvalue weighted by atomic mass is 10.1. The topological polar surface area (TPSA) is 114 Å². The molecule has 0 bridgehead atoms. The quantitative estimate of drug-likeness (QED) is 0.849. The maximum Gasteiger partial charge on any atom is 0.234 e. The van der Waals surface area contributed by atoms with Crippen LogP contribution in [0.4, 0.5) is 11.9 Å². The minimum Gasteiger partial charge on any atom is -0.348 e. The summed E-state index contributed by atoms with van der Waals surface area (Å²) in [5, 5.41) is 5.54. The SMILES string of the molecule is CC(=O)Nc1ncnc(NC(C)c2ccc(S(C)(=O)=O)cc2)n1. The number of rotatable bonds is 5. The number of carbonyl (C=O) groups is 1. The van der Waals surface area contributed by atoms with Crippen LogP contribution in [0.5, 0.6) is 0 Å². The Balaban J connectivity index is 2.12. The van der Waals surface area contributed by atoms with Gasteiger partial charge < -0.3 is 5.32 Å². The summed E-state index contributed by atoms with van der Waals surface area (Å²) < 4.78 is 22.9. The third kappa shape index (κ3) is 4.71. The van der Waals surface area contributed by atoms with Crippen molar-refractivity contribution in [3.63, 3.8) is 0 Å². The number of nitrogens with zero attached hydrogens (tertiary/aromatic N) is 3. The molecule has 0 radical (unpaired) electrons. The fraction of sp³-hybridized carbons (Fsp3) is 0.286. The lowest BCUT2D eigenvalue weighted by Gasteiger charge is -2.14. The monoisotopic (exact) mass is 335 g/mol. The summed E-state index contributed by atoms with van der Waals surface area (Å²) in [6.45, 7) is 3.25. The van der Waals surface area contributed by atoms with Crippen LogP contribution in [0.1, 0.15) is 25.5 Å². The molecule has 2 rings (SSSR count). The molecule has 9 heteroatoms. The maximum atomic E-state index is 11.5. The molecule has 2 aromatic rings. The fourth-order valence-electron chi connectivity index (χ4n) is 1.86. The van der Waals surface area contributed by atoms with Crippen LogP contribution >= 0.6 is 0 Å². The summed E-state index contributed by atoms with van der Waals surface area (Å²) in [5.41, 5.74) is 0.874. The van der Waals surface area contributed by atoms with Gasteiger partial charge >= 0.3 is 0 Å². The van der Waals surface area contributed by atoms with Crippen LogP contribution in [0.3, 0.4) is 0 Å². The second-order valence-corrected chi connectivity index (χ2v) is 7.04. The molecule has 0 saturated carbocycles. The molecule has 23 heavy (non-hydrogen) atoms. The molecule has 1 heterocycles. The summed E-state index contributed by atoms with van der Waals surface area (Å²) in [7, 11) is -3.21. The second kappa shape index (κ2) is 6.69. The average molecular weight is 335 g/mol. The molecule has 8 nitrogen and oxygen atoms in total. The van der Waals surface area contributed by atoms with E-state index < -0.39 is 9.84 Å². The standard InChI is InChI=1S/C14H17N5O3S/c1-9(11-4-6-12(7-5-11)23(3,21)22)17-13-15-8-16-14(19-13)18-10(2)20/h4-9H,1-3H3,(H2,15,16,17,18,19,20). The Hall–Kier alpha value is -2.55. The van der Waals surface area contributed by atoms with E-state index in [0.29, 0.717) is 5.95 Å². The van der Waals surface area contributed by atoms with Gasteiger partial charge in [0, 0.05) is 13.2 Å². The second-order valence-electron chi connectivity index (χ2n) is 5.02. The van der Waals surface area contributed by atoms with Gasteiger partial charge in [-0.2, -0.15) is 4.98 Å². The third-order valence-electron chi connectivity index (χ3n) is 3.01. The molecule has 0 spiro atoms. The summed E-state index contributed by atoms with van der Waals surface area (Å²) in [4.78, 5) is 23.2. The lowest BCUT2D eigenvalue weighted by molar-refractivity contribution is -0.114. The highest BCUT2D eigenvalue weighted by molar-refractivity contribution is 7.90. The Kier molecular flexibility index (Phi) is 4.89. The summed E-state index contributed by atoms with van der Waals surface area (Å²) in [6.07, 6.45) is 2.46. The maximum absolute atomic E-state index is 11.5. The normalized spacial score (nSPS) is 12.5. The van der Waals surface area contributed by atoms with Crippen molar-refractivity contribution >= 4 is 27.6 Å². The molecule has 2 N–H and O–H groups in total. The Bertz CT molecular complexity index is 805. The van der Waals surface area contributed by atoms with Gasteiger partial charge in [-0.1, -0.05) is 12.1 Å². The van der Waals surface area contributed by atoms with Crippen molar-refractivity contribution in [3.05, 3.63) is 36.2 Å². The number of benzene rings is 1. The van der Waals surface area contributed by atoms with Gasteiger partial charge in [-0.05, 0) is 24.6 Å². The van der Waals surface area contributed by atoms with E-state index in [0.717, 1.165) is 11.8 Å². The molecule has 0 saturated heterocycles. The van der Waals surface area contributed by atoms with Crippen molar-refractivity contribution < 1.29 is 13.2 Å². The summed E-state index contributed by atoms with van der Waals surface area (Å²) in [5.74, 6) is 0.199. The first-order valence-corrected chi connectivity index (χ1v) is 8.68. The Labute approximate surface area is 134 Å². The van der Waals surface area contributed by atoms with E-state index >= 15 is 0 Å². The molecule has 1 unspecified atom stereocenters. The first-order chi connectivity index (χ1) is 10.8. The third-order valence-corrected chi connectivity index (χ3v) is 4.14. The number of aromatic nitrogens is 3. The van der Waals surface area contributed by atoms with E-state index in [1.807, 2.05) is 6.92 Å². The number of sulfone groups is 1. The molecule has 1 aromatic carbocycles. The van der Waals surface area contributed by atoms with Crippen molar-refractivity contribution in [2.24, 2.45) is 0 Å². The van der Waals surface area contributed by atoms with E-state index in [1.165, 1.54) is 13.3 Å². The first-order valence-electron chi connectivity index (χ1n) is 6.79. The first kappa shape index (κ1) is 16.8. The molecular formula is C14H17N5O3S. The van der Waals surface area contributed by atoms with E-state index in [-0.39, 0.29) is 22.8 Å². The van der Waals surface area contributed by atoms with Crippen LogP contribution in [0.25, 0.3) is 0 Å². The lowest BCUT2D eigenvalue weighted by Crippen LogP contribution is -2.13. The average Bonchev–Trinajstić information content (AvgIpc) is 2.46. The Morgan fingerprint density at radius 3 is 2.30 bits per heavy atom. The van der Waals surface area contributed by atoms with Crippen LogP contribution < -0.4 is 10.6 Å². The minimum absolute atomic E-state index is 0.156. The Morgan fingerprint density at radius 2 is 1.74 bits per heavy atom. The van der Waals surface area contributed by atoms with Crippen molar-refractivity contribution in [2.45, 2.75) is 24.8 Å². The van der Waals surface area contributed by atoms with Crippen LogP contribution in [0.2, 0.25) is 0 Å². The van der Waals surface area contributed by atoms with Crippen LogP contribution in [-0.2, 0) is 14.6 Å². The van der Waals surface area contributed by atoms with Gasteiger partial charge in [-0.25, -0.2) is 18.4 Å². The molecule has 0 aliphatic heterocycles. The van der Waals surface area contributed by atoms with Crippen molar-refractivity contribution in [1.82, 2.24) is 15.0 Å². The predicted molar refractivity (Wildman–Crippen MR) is 85.7 cm³/mol. The number of hydrogen-bond donors (Lipinski definition) is 2. The van der Waals surface area contributed by atoms with E-state index in [2.05, 4.69) is 25.6 Å². The van der Waals surface area contributed by atoms with Crippen LogP contribution in [0, 0.1) is 0 Å². The highest BCUT2D eigenvalue weighted by atomic mass is 32.2. The van der Waals surface area contributed by atoms with Gasteiger partial charge in [0.1, 0.15) is 6.33 Å². The van der Waals surface area contributed by atoms with Gasteiger partial charge in [0.15, 0.2) is 9.84 Å². The van der Waals surface area contributed by atoms with Gasteiger partial charge in [-0.15, -0.1) is 0 Å². The van der Waals surface area contributed by atoms with Gasteiger partial charge in [0.2, 0.25) is 17.8 Å². The van der Waals surface area contributed by atoms with Crippen LogP contribution in [0.15, 0.2) is 35.5 Å². The number of anilines is 2. The van der Waals surface area contributed by atoms with E-state index in [9.17, 15) is 13.2 Å². The fourth-order valence-corrected chi connectivity index (χ4v) is 2.49. The number of hydrogen-bond acceptors (Lipinski definition) is 7. The van der Waals surface area contributed by atoms with Crippen molar-refractivity contribution in [1.29, 1.82) is 0 Å². The van der Waals surface area contributed by atoms with Crippen LogP contribution in [-0.4, -0.2) is 35.5 Å². The predicted octanol–water partition coefficient (Wildman–Crippen LogP) is 1.41. The van der Waals surface area contributed by atoms with Crippen molar-refractivity contribution in [2.75, 3.05) is 16.9 Å². The number of nitrogens with one attached hydrogen (secondary N) is 2. The number of carbonyl (C=O) groups excluding carboxylic acids is 1. The highest BCUT2D eigenvalue weighted by Gasteiger charge is 2.11. The molecule has 1 amide bonds. The molecule has 122 valence electrons. The highest BCUT2D eigenvalue weighted by Crippen LogP contribution is 2.19. The minimum atomic E-state index is -3.21.